The monoisotopic (exact) mass is 226 g/mol. The first-order valence-corrected chi connectivity index (χ1v) is 4.93. The van der Waals surface area contributed by atoms with Crippen molar-refractivity contribution in [3.05, 3.63) is 34.9 Å². The molecule has 3 nitrogen and oxygen atoms in total. The van der Waals surface area contributed by atoms with Crippen molar-refractivity contribution in [3.8, 4) is 0 Å². The van der Waals surface area contributed by atoms with Crippen molar-refractivity contribution < 1.29 is 19.4 Å². The molecule has 0 bridgehead atoms. The molecule has 1 rings (SSSR count). The Bertz CT molecular complexity index is 392. The third-order valence-corrected chi connectivity index (χ3v) is 2.52. The average molecular weight is 226 g/mol. The molecular weight excluding hydrogens is 211 g/mol. The fourth-order valence-corrected chi connectivity index (χ4v) is 1.65. The number of aliphatic hydroxyl groups is 1. The van der Waals surface area contributed by atoms with Crippen molar-refractivity contribution in [3.63, 3.8) is 0 Å². The van der Waals surface area contributed by atoms with Gasteiger partial charge in [-0.15, -0.1) is 0 Å². The minimum absolute atomic E-state index is 0.278. The summed E-state index contributed by atoms with van der Waals surface area (Å²) in [4.78, 5) is 10.6. The molecule has 0 fully saturated rings. The van der Waals surface area contributed by atoms with Gasteiger partial charge in [-0.3, -0.25) is 0 Å². The molecule has 1 aromatic carbocycles. The van der Waals surface area contributed by atoms with Crippen LogP contribution in [0, 0.1) is 13.8 Å². The van der Waals surface area contributed by atoms with Crippen molar-refractivity contribution in [1.29, 1.82) is 0 Å². The zero-order chi connectivity index (χ0) is 12.5. The van der Waals surface area contributed by atoms with E-state index < -0.39 is 17.7 Å². The van der Waals surface area contributed by atoms with Crippen LogP contribution in [0.15, 0.2) is 18.2 Å². The van der Waals surface area contributed by atoms with Gasteiger partial charge in [-0.05, 0) is 26.3 Å². The summed E-state index contributed by atoms with van der Waals surface area (Å²) in [5.74, 6) is -1.66. The Morgan fingerprint density at radius 3 is 2.12 bits per heavy atom. The fraction of sp³-hybridized carbons (Fsp3) is 0.417. The lowest BCUT2D eigenvalue weighted by atomic mass is 9.89. The SMILES string of the molecule is Cc1cc(C)cc(C(C)(O)C(F)C(=O)O)c1. The van der Waals surface area contributed by atoms with Crippen molar-refractivity contribution >= 4 is 5.97 Å². The Labute approximate surface area is 93.5 Å². The highest BCUT2D eigenvalue weighted by Crippen LogP contribution is 2.28. The number of rotatable bonds is 3. The Balaban J connectivity index is 3.20. The van der Waals surface area contributed by atoms with E-state index in [4.69, 9.17) is 5.11 Å². The summed E-state index contributed by atoms with van der Waals surface area (Å²) in [6.45, 7) is 4.78. The Morgan fingerprint density at radius 1 is 1.31 bits per heavy atom. The van der Waals surface area contributed by atoms with Crippen LogP contribution >= 0.6 is 0 Å². The highest BCUT2D eigenvalue weighted by atomic mass is 19.1. The second-order valence-corrected chi connectivity index (χ2v) is 4.22. The zero-order valence-corrected chi connectivity index (χ0v) is 9.49. The van der Waals surface area contributed by atoms with E-state index in [1.807, 2.05) is 6.07 Å². The number of benzene rings is 1. The maximum Gasteiger partial charge on any atom is 0.341 e. The summed E-state index contributed by atoms with van der Waals surface area (Å²) >= 11 is 0. The normalized spacial score (nSPS) is 16.6. The lowest BCUT2D eigenvalue weighted by Gasteiger charge is -2.25. The number of hydrogen-bond acceptors (Lipinski definition) is 2. The molecule has 0 spiro atoms. The molecule has 16 heavy (non-hydrogen) atoms. The van der Waals surface area contributed by atoms with E-state index in [2.05, 4.69) is 0 Å². The second kappa shape index (κ2) is 4.22. The van der Waals surface area contributed by atoms with Gasteiger partial charge in [0.1, 0.15) is 5.60 Å². The molecular formula is C12H15FO3. The maximum absolute atomic E-state index is 13.4. The predicted molar refractivity (Wildman–Crippen MR) is 58.0 cm³/mol. The van der Waals surface area contributed by atoms with Crippen LogP contribution in [0.2, 0.25) is 0 Å². The molecule has 0 radical (unpaired) electrons. The standard InChI is InChI=1S/C12H15FO3/c1-7-4-8(2)6-9(5-7)12(3,16)10(13)11(14)15/h4-6,10,16H,1-3H3,(H,14,15). The molecule has 0 amide bonds. The number of aryl methyl sites for hydroxylation is 2. The Morgan fingerprint density at radius 2 is 1.75 bits per heavy atom. The molecule has 0 aliphatic rings. The van der Waals surface area contributed by atoms with E-state index in [1.165, 1.54) is 6.92 Å². The third-order valence-electron chi connectivity index (χ3n) is 2.52. The number of alkyl halides is 1. The van der Waals surface area contributed by atoms with Gasteiger partial charge >= 0.3 is 5.97 Å². The summed E-state index contributed by atoms with van der Waals surface area (Å²) in [6, 6.07) is 5.04. The molecule has 0 aliphatic heterocycles. The summed E-state index contributed by atoms with van der Waals surface area (Å²) in [5.41, 5.74) is -0.0246. The average Bonchev–Trinajstić information content (AvgIpc) is 2.14. The van der Waals surface area contributed by atoms with Crippen molar-refractivity contribution in [1.82, 2.24) is 0 Å². The smallest absolute Gasteiger partial charge is 0.341 e. The van der Waals surface area contributed by atoms with Gasteiger partial charge in [0.2, 0.25) is 6.17 Å². The first-order chi connectivity index (χ1) is 7.25. The molecule has 0 saturated carbocycles. The van der Waals surface area contributed by atoms with Crippen LogP contribution in [-0.2, 0) is 10.4 Å². The van der Waals surface area contributed by atoms with Crippen LogP contribution in [0.4, 0.5) is 4.39 Å². The van der Waals surface area contributed by atoms with E-state index in [-0.39, 0.29) is 5.56 Å². The van der Waals surface area contributed by atoms with Crippen LogP contribution in [0.5, 0.6) is 0 Å². The highest BCUT2D eigenvalue weighted by molar-refractivity contribution is 5.74. The van der Waals surface area contributed by atoms with Crippen LogP contribution in [-0.4, -0.2) is 22.4 Å². The van der Waals surface area contributed by atoms with Crippen LogP contribution in [0.25, 0.3) is 0 Å². The minimum Gasteiger partial charge on any atom is -0.479 e. The number of hydrogen-bond donors (Lipinski definition) is 2. The molecule has 2 N–H and O–H groups in total. The van der Waals surface area contributed by atoms with Gasteiger partial charge in [0.05, 0.1) is 0 Å². The molecule has 2 unspecified atom stereocenters. The van der Waals surface area contributed by atoms with E-state index in [0.717, 1.165) is 11.1 Å². The van der Waals surface area contributed by atoms with Gasteiger partial charge < -0.3 is 10.2 Å². The van der Waals surface area contributed by atoms with Crippen LogP contribution in [0.1, 0.15) is 23.6 Å². The fourth-order valence-electron chi connectivity index (χ4n) is 1.65. The zero-order valence-electron chi connectivity index (χ0n) is 9.49. The van der Waals surface area contributed by atoms with Gasteiger partial charge in [-0.2, -0.15) is 0 Å². The van der Waals surface area contributed by atoms with Crippen LogP contribution < -0.4 is 0 Å². The number of halogens is 1. The molecule has 0 aliphatic carbocycles. The number of carboxylic acid groups (broad SMARTS) is 1. The van der Waals surface area contributed by atoms with Gasteiger partial charge in [0, 0.05) is 0 Å². The van der Waals surface area contributed by atoms with Crippen molar-refractivity contribution in [2.45, 2.75) is 32.5 Å². The second-order valence-electron chi connectivity index (χ2n) is 4.22. The van der Waals surface area contributed by atoms with E-state index >= 15 is 0 Å². The number of carboxylic acids is 1. The predicted octanol–water partition coefficient (Wildman–Crippen LogP) is 1.93. The Kier molecular flexibility index (Phi) is 3.33. The summed E-state index contributed by atoms with van der Waals surface area (Å²) < 4.78 is 13.4. The lowest BCUT2D eigenvalue weighted by molar-refractivity contribution is -0.153. The highest BCUT2D eigenvalue weighted by Gasteiger charge is 2.39. The summed E-state index contributed by atoms with van der Waals surface area (Å²) in [6.07, 6.45) is -2.34. The van der Waals surface area contributed by atoms with Gasteiger partial charge in [-0.1, -0.05) is 29.3 Å². The van der Waals surface area contributed by atoms with E-state index in [1.54, 1.807) is 26.0 Å². The molecule has 4 heteroatoms. The molecule has 0 saturated heterocycles. The number of aliphatic carboxylic acids is 1. The molecule has 0 aromatic heterocycles. The largest absolute Gasteiger partial charge is 0.479 e. The van der Waals surface area contributed by atoms with Crippen LogP contribution in [0.3, 0.4) is 0 Å². The molecule has 88 valence electrons. The summed E-state index contributed by atoms with van der Waals surface area (Å²) in [5, 5.41) is 18.5. The lowest BCUT2D eigenvalue weighted by Crippen LogP contribution is -2.39. The third kappa shape index (κ3) is 2.39. The van der Waals surface area contributed by atoms with Crippen molar-refractivity contribution in [2.24, 2.45) is 0 Å². The summed E-state index contributed by atoms with van der Waals surface area (Å²) in [7, 11) is 0. The Hall–Kier alpha value is -1.42. The molecule has 1 aromatic rings. The van der Waals surface area contributed by atoms with Crippen molar-refractivity contribution in [2.75, 3.05) is 0 Å². The van der Waals surface area contributed by atoms with E-state index in [0.29, 0.717) is 0 Å². The van der Waals surface area contributed by atoms with Gasteiger partial charge in [-0.25, -0.2) is 9.18 Å². The molecule has 2 atom stereocenters. The maximum atomic E-state index is 13.4. The first-order valence-electron chi connectivity index (χ1n) is 4.93. The van der Waals surface area contributed by atoms with Gasteiger partial charge in [0.15, 0.2) is 0 Å². The van der Waals surface area contributed by atoms with E-state index in [9.17, 15) is 14.3 Å². The molecule has 0 heterocycles. The minimum atomic E-state index is -2.34. The first kappa shape index (κ1) is 12.6. The quantitative estimate of drug-likeness (QED) is 0.828. The number of carbonyl (C=O) groups is 1. The topological polar surface area (TPSA) is 57.5 Å². The van der Waals surface area contributed by atoms with Gasteiger partial charge in [0.25, 0.3) is 0 Å².